The Bertz CT molecular complexity index is 736. The van der Waals surface area contributed by atoms with Gasteiger partial charge in [-0.15, -0.1) is 11.3 Å². The molecule has 0 saturated heterocycles. The fourth-order valence-electron chi connectivity index (χ4n) is 2.54. The Kier molecular flexibility index (Phi) is 4.30. The zero-order valence-electron chi connectivity index (χ0n) is 11.7. The fourth-order valence-corrected chi connectivity index (χ4v) is 4.66. The molecule has 2 heterocycles. The Balaban J connectivity index is 1.73. The van der Waals surface area contributed by atoms with Crippen LogP contribution >= 0.6 is 23.1 Å². The second kappa shape index (κ2) is 6.19. The van der Waals surface area contributed by atoms with Crippen LogP contribution in [0.1, 0.15) is 29.7 Å². The number of methoxy groups -OCH3 is 1. The van der Waals surface area contributed by atoms with Gasteiger partial charge in [-0.25, -0.2) is 4.98 Å². The number of aromatic nitrogens is 2. The predicted octanol–water partition coefficient (Wildman–Crippen LogP) is 2.52. The predicted molar refractivity (Wildman–Crippen MR) is 84.2 cm³/mol. The maximum atomic E-state index is 12.2. The molecular formula is C14H16N2O3S2. The maximum Gasteiger partial charge on any atom is 0.305 e. The van der Waals surface area contributed by atoms with Gasteiger partial charge >= 0.3 is 5.97 Å². The maximum absolute atomic E-state index is 12.2. The molecule has 1 aliphatic carbocycles. The van der Waals surface area contributed by atoms with E-state index in [0.29, 0.717) is 18.0 Å². The van der Waals surface area contributed by atoms with E-state index in [1.54, 1.807) is 11.3 Å². The molecule has 7 heteroatoms. The number of nitrogens with zero attached hydrogens (tertiary/aromatic N) is 1. The van der Waals surface area contributed by atoms with Crippen LogP contribution in [-0.4, -0.2) is 28.8 Å². The van der Waals surface area contributed by atoms with E-state index in [4.69, 9.17) is 0 Å². The second-order valence-electron chi connectivity index (χ2n) is 4.94. The molecule has 0 aliphatic heterocycles. The van der Waals surface area contributed by atoms with Crippen LogP contribution < -0.4 is 5.56 Å². The molecule has 3 rings (SSSR count). The number of thiophene rings is 1. The summed E-state index contributed by atoms with van der Waals surface area (Å²) < 4.78 is 4.59. The van der Waals surface area contributed by atoms with Crippen molar-refractivity contribution < 1.29 is 9.53 Å². The minimum atomic E-state index is -0.206. The first-order chi connectivity index (χ1) is 10.2. The van der Waals surface area contributed by atoms with Crippen LogP contribution in [0, 0.1) is 0 Å². The monoisotopic (exact) mass is 324 g/mol. The molecule has 0 saturated carbocycles. The molecule has 0 unspecified atom stereocenters. The third-order valence-electron chi connectivity index (χ3n) is 3.55. The largest absolute Gasteiger partial charge is 0.469 e. The topological polar surface area (TPSA) is 72.0 Å². The number of aryl methyl sites for hydroxylation is 2. The number of carbonyl (C=O) groups is 1. The van der Waals surface area contributed by atoms with E-state index in [2.05, 4.69) is 14.7 Å². The first-order valence-corrected chi connectivity index (χ1v) is 8.73. The normalized spacial score (nSPS) is 13.6. The lowest BCUT2D eigenvalue weighted by Crippen LogP contribution is -2.09. The number of aromatic amines is 1. The average molecular weight is 324 g/mol. The number of H-pyrrole nitrogens is 1. The summed E-state index contributed by atoms with van der Waals surface area (Å²) in [5.74, 6) is 0.524. The van der Waals surface area contributed by atoms with Crippen LogP contribution in [0.15, 0.2) is 9.95 Å². The van der Waals surface area contributed by atoms with Gasteiger partial charge in [0.15, 0.2) is 5.16 Å². The van der Waals surface area contributed by atoms with Crippen molar-refractivity contribution >= 4 is 39.3 Å². The number of hydrogen-bond acceptors (Lipinski definition) is 6. The van der Waals surface area contributed by atoms with Gasteiger partial charge in [-0.2, -0.15) is 0 Å². The van der Waals surface area contributed by atoms with Crippen molar-refractivity contribution in [1.29, 1.82) is 0 Å². The molecule has 0 spiro atoms. The van der Waals surface area contributed by atoms with Crippen molar-refractivity contribution in [2.24, 2.45) is 0 Å². The summed E-state index contributed by atoms with van der Waals surface area (Å²) in [4.78, 5) is 32.8. The molecule has 0 fully saturated rings. The summed E-state index contributed by atoms with van der Waals surface area (Å²) in [6, 6.07) is 0. The lowest BCUT2D eigenvalue weighted by Gasteiger charge is -2.01. The molecule has 21 heavy (non-hydrogen) atoms. The van der Waals surface area contributed by atoms with Crippen molar-refractivity contribution in [3.05, 3.63) is 20.8 Å². The molecule has 112 valence electrons. The van der Waals surface area contributed by atoms with E-state index in [1.807, 2.05) is 0 Å². The Morgan fingerprint density at radius 2 is 2.33 bits per heavy atom. The van der Waals surface area contributed by atoms with Gasteiger partial charge in [0.2, 0.25) is 0 Å². The lowest BCUT2D eigenvalue weighted by atomic mass is 10.2. The van der Waals surface area contributed by atoms with Crippen LogP contribution in [0.5, 0.6) is 0 Å². The van der Waals surface area contributed by atoms with Gasteiger partial charge in [0.25, 0.3) is 5.56 Å². The van der Waals surface area contributed by atoms with E-state index < -0.39 is 0 Å². The number of ether oxygens (including phenoxy) is 1. The van der Waals surface area contributed by atoms with Gasteiger partial charge in [-0.05, 0) is 31.2 Å². The number of thioether (sulfide) groups is 1. The van der Waals surface area contributed by atoms with Crippen molar-refractivity contribution in [1.82, 2.24) is 9.97 Å². The zero-order valence-corrected chi connectivity index (χ0v) is 13.4. The number of carbonyl (C=O) groups excluding carboxylic acids is 1. The molecule has 0 radical (unpaired) electrons. The van der Waals surface area contributed by atoms with Crippen LogP contribution in [0.2, 0.25) is 0 Å². The van der Waals surface area contributed by atoms with Gasteiger partial charge in [0, 0.05) is 17.1 Å². The second-order valence-corrected chi connectivity index (χ2v) is 7.10. The van der Waals surface area contributed by atoms with Gasteiger partial charge < -0.3 is 9.72 Å². The van der Waals surface area contributed by atoms with Gasteiger partial charge in [0.05, 0.1) is 12.5 Å². The van der Waals surface area contributed by atoms with E-state index in [1.165, 1.54) is 29.3 Å². The number of esters is 1. The third kappa shape index (κ3) is 2.98. The van der Waals surface area contributed by atoms with Gasteiger partial charge in [0.1, 0.15) is 4.83 Å². The molecule has 1 N–H and O–H groups in total. The summed E-state index contributed by atoms with van der Waals surface area (Å²) in [5, 5.41) is 1.42. The van der Waals surface area contributed by atoms with E-state index in [0.717, 1.165) is 35.2 Å². The molecule has 0 atom stereocenters. The first-order valence-electron chi connectivity index (χ1n) is 6.93. The molecule has 0 amide bonds. The SMILES string of the molecule is COC(=O)CCCSc1nc2sc3c(c2c(=O)[nH]1)CCC3. The van der Waals surface area contributed by atoms with E-state index in [9.17, 15) is 9.59 Å². The Morgan fingerprint density at radius 3 is 3.14 bits per heavy atom. The molecule has 0 aromatic carbocycles. The highest BCUT2D eigenvalue weighted by atomic mass is 32.2. The number of rotatable bonds is 5. The first kappa shape index (κ1) is 14.6. The minimum absolute atomic E-state index is 0.0325. The Labute approximate surface area is 130 Å². The van der Waals surface area contributed by atoms with Crippen molar-refractivity contribution in [3.8, 4) is 0 Å². The molecule has 2 aromatic rings. The standard InChI is InChI=1S/C14H16N2O3S2/c1-19-10(17)6-3-7-20-14-15-12(18)11-8-4-2-5-9(8)21-13(11)16-14/h2-7H2,1H3,(H,15,16,18). The molecule has 5 nitrogen and oxygen atoms in total. The fraction of sp³-hybridized carbons (Fsp3) is 0.500. The van der Waals surface area contributed by atoms with Gasteiger partial charge in [-0.3, -0.25) is 9.59 Å². The number of nitrogens with one attached hydrogen (secondary N) is 1. The van der Waals surface area contributed by atoms with Crippen LogP contribution in [0.3, 0.4) is 0 Å². The summed E-state index contributed by atoms with van der Waals surface area (Å²) >= 11 is 3.12. The summed E-state index contributed by atoms with van der Waals surface area (Å²) in [6.45, 7) is 0. The van der Waals surface area contributed by atoms with Crippen LogP contribution in [0.4, 0.5) is 0 Å². The Morgan fingerprint density at radius 1 is 1.48 bits per heavy atom. The van der Waals surface area contributed by atoms with E-state index >= 15 is 0 Å². The van der Waals surface area contributed by atoms with E-state index in [-0.39, 0.29) is 11.5 Å². The average Bonchev–Trinajstić information content (AvgIpc) is 3.03. The quantitative estimate of drug-likeness (QED) is 0.396. The Hall–Kier alpha value is -1.34. The lowest BCUT2D eigenvalue weighted by molar-refractivity contribution is -0.140. The van der Waals surface area contributed by atoms with Crippen LogP contribution in [0.25, 0.3) is 10.2 Å². The highest BCUT2D eigenvalue weighted by molar-refractivity contribution is 7.99. The molecule has 0 bridgehead atoms. The zero-order chi connectivity index (χ0) is 14.8. The van der Waals surface area contributed by atoms with Crippen molar-refractivity contribution in [3.63, 3.8) is 0 Å². The van der Waals surface area contributed by atoms with Crippen molar-refractivity contribution in [2.45, 2.75) is 37.3 Å². The van der Waals surface area contributed by atoms with Crippen molar-refractivity contribution in [2.75, 3.05) is 12.9 Å². The minimum Gasteiger partial charge on any atom is -0.469 e. The summed E-state index contributed by atoms with van der Waals surface area (Å²) in [7, 11) is 1.39. The molecule has 2 aromatic heterocycles. The number of hydrogen-bond donors (Lipinski definition) is 1. The smallest absolute Gasteiger partial charge is 0.305 e. The highest BCUT2D eigenvalue weighted by Crippen LogP contribution is 2.35. The number of fused-ring (bicyclic) bond motifs is 3. The molecular weight excluding hydrogens is 308 g/mol. The summed E-state index contributed by atoms with van der Waals surface area (Å²) in [5.41, 5.74) is 1.17. The highest BCUT2D eigenvalue weighted by Gasteiger charge is 2.21. The van der Waals surface area contributed by atoms with Gasteiger partial charge in [-0.1, -0.05) is 11.8 Å². The molecule has 1 aliphatic rings. The van der Waals surface area contributed by atoms with Crippen LogP contribution in [-0.2, 0) is 22.4 Å². The summed E-state index contributed by atoms with van der Waals surface area (Å²) in [6.07, 6.45) is 4.30. The third-order valence-corrected chi connectivity index (χ3v) is 5.69.